The molecule has 0 nitrogen and oxygen atoms in total. The molecule has 0 aliphatic carbocycles. The highest BCUT2D eigenvalue weighted by Gasteiger charge is 2.26. The lowest BCUT2D eigenvalue weighted by molar-refractivity contribution is 0.613. The van der Waals surface area contributed by atoms with Crippen LogP contribution in [0.15, 0.2) is 0 Å². The Hall–Kier alpha value is 0.170. The maximum absolute atomic E-state index is 2.50. The molecule has 0 heterocycles. The molecule has 0 saturated carbocycles. The van der Waals surface area contributed by atoms with Gasteiger partial charge in [-0.05, 0) is 20.8 Å². The van der Waals surface area contributed by atoms with Crippen molar-refractivity contribution < 1.29 is 0 Å². The van der Waals surface area contributed by atoms with Crippen LogP contribution in [0.3, 0.4) is 0 Å². The molecule has 0 N–H and O–H groups in total. The molecule has 11 heavy (non-hydrogen) atoms. The van der Waals surface area contributed by atoms with Gasteiger partial charge in [0.15, 0.2) is 0 Å². The predicted octanol–water partition coefficient (Wildman–Crippen LogP) is 3.74. The predicted molar refractivity (Wildman–Crippen MR) is 58.1 cm³/mol. The van der Waals surface area contributed by atoms with Crippen molar-refractivity contribution in [2.75, 3.05) is 6.66 Å². The highest BCUT2D eigenvalue weighted by molar-refractivity contribution is 7.58. The molecular weight excluding hydrogens is 151 g/mol. The summed E-state index contributed by atoms with van der Waals surface area (Å²) in [6, 6.07) is 0. The van der Waals surface area contributed by atoms with Crippen molar-refractivity contribution >= 4 is 13.3 Å². The number of hydrogen-bond acceptors (Lipinski definition) is 0. The molecule has 0 radical (unpaired) electrons. The summed E-state index contributed by atoms with van der Waals surface area (Å²) in [6.45, 7) is 16.1. The lowest BCUT2D eigenvalue weighted by Crippen LogP contribution is -2.13. The van der Waals surface area contributed by atoms with Crippen LogP contribution in [0.2, 0.25) is 0 Å². The van der Waals surface area contributed by atoms with E-state index in [1.165, 1.54) is 0 Å². The molecule has 0 aromatic rings. The Balaban J connectivity index is 4.49. The van der Waals surface area contributed by atoms with Crippen molar-refractivity contribution in [3.8, 4) is 0 Å². The molecule has 1 atom stereocenters. The summed E-state index contributed by atoms with van der Waals surface area (Å²) in [5.74, 6) is 2.50. The zero-order chi connectivity index (χ0) is 9.28. The molecule has 0 saturated heterocycles. The molecule has 0 aromatic carbocycles. The molecular formula is C10H22P+. The lowest BCUT2D eigenvalue weighted by atomic mass is 10.0. The van der Waals surface area contributed by atoms with Crippen LogP contribution in [0, 0.1) is 5.41 Å². The third kappa shape index (κ3) is 5.44. The summed E-state index contributed by atoms with van der Waals surface area (Å²) in [5, 5.41) is 0.475. The van der Waals surface area contributed by atoms with Gasteiger partial charge in [0.1, 0.15) is 5.16 Å². The molecule has 1 heteroatoms. The van der Waals surface area contributed by atoms with E-state index < -0.39 is 0 Å². The normalized spacial score (nSPS) is 15.4. The molecule has 1 unspecified atom stereocenters. The fourth-order valence-electron chi connectivity index (χ4n) is 0.775. The Bertz CT molecular complexity index is 153. The van der Waals surface area contributed by atoms with E-state index in [9.17, 15) is 0 Å². The van der Waals surface area contributed by atoms with Crippen LogP contribution in [0.4, 0.5) is 0 Å². The van der Waals surface area contributed by atoms with Gasteiger partial charge in [-0.15, -0.1) is 0 Å². The first-order chi connectivity index (χ1) is 4.63. The molecule has 0 amide bonds. The summed E-state index contributed by atoms with van der Waals surface area (Å²) >= 11 is 0. The average molecular weight is 173 g/mol. The minimum absolute atomic E-state index is 0.0653. The Morgan fingerprint density at radius 2 is 1.27 bits per heavy atom. The molecule has 0 aliphatic rings. The van der Waals surface area contributed by atoms with Gasteiger partial charge in [-0.25, -0.2) is 0 Å². The van der Waals surface area contributed by atoms with E-state index in [1.807, 2.05) is 0 Å². The zero-order valence-corrected chi connectivity index (χ0v) is 9.92. The zero-order valence-electron chi connectivity index (χ0n) is 9.02. The fraction of sp³-hybridized carbons (Fsp3) is 0.900. The van der Waals surface area contributed by atoms with Crippen molar-refractivity contribution in [1.29, 1.82) is 0 Å². The smallest absolute Gasteiger partial charge is 0.0530 e. The average Bonchev–Trinajstić information content (AvgIpc) is 1.56. The van der Waals surface area contributed by atoms with E-state index in [0.717, 1.165) is 0 Å². The van der Waals surface area contributed by atoms with Gasteiger partial charge in [0, 0.05) is 5.41 Å². The fourth-order valence-corrected chi connectivity index (χ4v) is 2.32. The van der Waals surface area contributed by atoms with Crippen LogP contribution >= 0.6 is 7.55 Å². The standard InChI is InChI=1S/C10H22P/c1-9(2,3)8-11(7)10(4,5)6/h8H,1-7H3/q+1. The van der Waals surface area contributed by atoms with E-state index in [2.05, 4.69) is 54.0 Å². The highest BCUT2D eigenvalue weighted by Crippen LogP contribution is 2.37. The van der Waals surface area contributed by atoms with Gasteiger partial charge in [0.05, 0.1) is 20.0 Å². The Morgan fingerprint density at radius 1 is 0.909 bits per heavy atom. The van der Waals surface area contributed by atoms with Crippen LogP contribution in [0.25, 0.3) is 0 Å². The summed E-state index contributed by atoms with van der Waals surface area (Å²) in [4.78, 5) is 0. The Labute approximate surface area is 72.8 Å². The van der Waals surface area contributed by atoms with Crippen molar-refractivity contribution in [3.63, 3.8) is 0 Å². The van der Waals surface area contributed by atoms with Gasteiger partial charge in [-0.3, -0.25) is 0 Å². The highest BCUT2D eigenvalue weighted by atomic mass is 31.1. The first-order valence-electron chi connectivity index (χ1n) is 4.22. The minimum Gasteiger partial charge on any atom is -0.0530 e. The SMILES string of the molecule is C/[P+](=C\C(C)(C)C)C(C)(C)C. The van der Waals surface area contributed by atoms with E-state index in [1.54, 1.807) is 0 Å². The van der Waals surface area contributed by atoms with Crippen molar-refractivity contribution in [2.24, 2.45) is 5.41 Å². The van der Waals surface area contributed by atoms with Crippen molar-refractivity contribution in [3.05, 3.63) is 0 Å². The van der Waals surface area contributed by atoms with Crippen LogP contribution in [0.1, 0.15) is 41.5 Å². The van der Waals surface area contributed by atoms with Gasteiger partial charge in [-0.1, -0.05) is 20.8 Å². The van der Waals surface area contributed by atoms with Gasteiger partial charge in [0.25, 0.3) is 0 Å². The van der Waals surface area contributed by atoms with Gasteiger partial charge >= 0.3 is 0 Å². The molecule has 0 rings (SSSR count). The first kappa shape index (κ1) is 11.2. The monoisotopic (exact) mass is 173 g/mol. The van der Waals surface area contributed by atoms with Crippen LogP contribution in [-0.2, 0) is 0 Å². The van der Waals surface area contributed by atoms with E-state index in [0.29, 0.717) is 10.6 Å². The quantitative estimate of drug-likeness (QED) is 0.489. The Kier molecular flexibility index (Phi) is 3.32. The van der Waals surface area contributed by atoms with Crippen molar-refractivity contribution in [1.82, 2.24) is 0 Å². The van der Waals surface area contributed by atoms with Gasteiger partial charge in [0.2, 0.25) is 0 Å². The second kappa shape index (κ2) is 3.27. The summed E-state index contributed by atoms with van der Waals surface area (Å²) < 4.78 is 0. The van der Waals surface area contributed by atoms with Crippen LogP contribution in [0.5, 0.6) is 0 Å². The van der Waals surface area contributed by atoms with E-state index in [-0.39, 0.29) is 7.55 Å². The maximum atomic E-state index is 2.50. The summed E-state index contributed by atoms with van der Waals surface area (Å²) in [5.41, 5.74) is 0.383. The van der Waals surface area contributed by atoms with Crippen LogP contribution < -0.4 is 0 Å². The topological polar surface area (TPSA) is 0 Å². The number of rotatable bonds is 0. The molecule has 66 valence electrons. The van der Waals surface area contributed by atoms with Crippen molar-refractivity contribution in [2.45, 2.75) is 46.7 Å². The maximum Gasteiger partial charge on any atom is 0.117 e. The lowest BCUT2D eigenvalue weighted by Gasteiger charge is -2.14. The first-order valence-corrected chi connectivity index (χ1v) is 6.08. The molecule has 0 fully saturated rings. The minimum atomic E-state index is 0.0653. The summed E-state index contributed by atoms with van der Waals surface area (Å²) in [7, 11) is 0.0653. The summed E-state index contributed by atoms with van der Waals surface area (Å²) in [6.07, 6.45) is 0. The molecule has 0 aliphatic heterocycles. The molecule has 0 aromatic heterocycles. The second-order valence-electron chi connectivity index (χ2n) is 5.28. The second-order valence-corrected chi connectivity index (χ2v) is 8.10. The van der Waals surface area contributed by atoms with E-state index >= 15 is 0 Å². The number of hydrogen-bond donors (Lipinski definition) is 0. The van der Waals surface area contributed by atoms with E-state index in [4.69, 9.17) is 0 Å². The largest absolute Gasteiger partial charge is 0.117 e. The third-order valence-electron chi connectivity index (χ3n) is 1.64. The van der Waals surface area contributed by atoms with Crippen LogP contribution in [-0.4, -0.2) is 17.6 Å². The molecule has 0 spiro atoms. The van der Waals surface area contributed by atoms with Gasteiger partial charge < -0.3 is 0 Å². The van der Waals surface area contributed by atoms with Gasteiger partial charge in [-0.2, -0.15) is 0 Å². The molecule has 0 bridgehead atoms. The Morgan fingerprint density at radius 3 is 1.36 bits per heavy atom. The third-order valence-corrected chi connectivity index (χ3v) is 4.92.